The highest BCUT2D eigenvalue weighted by atomic mass is 19.4. The number of halogens is 3. The Labute approximate surface area is 120 Å². The Morgan fingerprint density at radius 1 is 1.48 bits per heavy atom. The van der Waals surface area contributed by atoms with Crippen molar-refractivity contribution >= 4 is 12.0 Å². The Balaban J connectivity index is 2.68. The number of rotatable bonds is 5. The molecule has 1 saturated heterocycles. The van der Waals surface area contributed by atoms with E-state index in [0.29, 0.717) is 13.0 Å². The fourth-order valence-electron chi connectivity index (χ4n) is 2.18. The molecule has 0 aromatic carbocycles. The summed E-state index contributed by atoms with van der Waals surface area (Å²) in [4.78, 5) is 23.8. The number of carbonyl (C=O) groups is 2. The van der Waals surface area contributed by atoms with Gasteiger partial charge in [0.25, 0.3) is 0 Å². The SMILES string of the molecule is COCCC(C)NC(=O)N1CCC(C(=O)O)(C(F)(F)F)C1. The van der Waals surface area contributed by atoms with Gasteiger partial charge in [0.2, 0.25) is 0 Å². The Bertz CT molecular complexity index is 402. The molecule has 0 aliphatic carbocycles. The van der Waals surface area contributed by atoms with Gasteiger partial charge in [-0.05, 0) is 19.8 Å². The fourth-order valence-corrected chi connectivity index (χ4v) is 2.18. The molecule has 0 radical (unpaired) electrons. The van der Waals surface area contributed by atoms with Gasteiger partial charge < -0.3 is 20.1 Å². The standard InChI is InChI=1S/C12H19F3N2O4/c1-8(3-6-21-2)16-10(20)17-5-4-11(7-17,9(18)19)12(13,14)15/h8H,3-7H2,1-2H3,(H,16,20)(H,18,19). The second-order valence-corrected chi connectivity index (χ2v) is 5.19. The number of methoxy groups -OCH3 is 1. The van der Waals surface area contributed by atoms with E-state index in [-0.39, 0.29) is 12.6 Å². The number of hydrogen-bond donors (Lipinski definition) is 2. The number of alkyl halides is 3. The van der Waals surface area contributed by atoms with Gasteiger partial charge in [-0.15, -0.1) is 0 Å². The molecule has 1 fully saturated rings. The van der Waals surface area contributed by atoms with Crippen LogP contribution in [-0.2, 0) is 9.53 Å². The quantitative estimate of drug-likeness (QED) is 0.805. The molecule has 122 valence electrons. The molecule has 1 heterocycles. The second-order valence-electron chi connectivity index (χ2n) is 5.19. The van der Waals surface area contributed by atoms with Crippen LogP contribution in [0.5, 0.6) is 0 Å². The van der Waals surface area contributed by atoms with Gasteiger partial charge in [-0.3, -0.25) is 4.79 Å². The van der Waals surface area contributed by atoms with Gasteiger partial charge in [0.05, 0.1) is 0 Å². The smallest absolute Gasteiger partial charge is 0.406 e. The van der Waals surface area contributed by atoms with Crippen molar-refractivity contribution in [3.8, 4) is 0 Å². The normalized spacial score (nSPS) is 24.0. The van der Waals surface area contributed by atoms with Crippen molar-refractivity contribution in [1.82, 2.24) is 10.2 Å². The lowest BCUT2D eigenvalue weighted by Gasteiger charge is -2.27. The molecular formula is C12H19F3N2O4. The topological polar surface area (TPSA) is 78.9 Å². The van der Waals surface area contributed by atoms with Crippen LogP contribution >= 0.6 is 0 Å². The first kappa shape index (κ1) is 17.5. The maximum Gasteiger partial charge on any atom is 0.406 e. The number of likely N-dealkylation sites (tertiary alicyclic amines) is 1. The van der Waals surface area contributed by atoms with E-state index >= 15 is 0 Å². The highest BCUT2D eigenvalue weighted by molar-refractivity contribution is 5.80. The average molecular weight is 312 g/mol. The van der Waals surface area contributed by atoms with Crippen LogP contribution in [0, 0.1) is 5.41 Å². The summed E-state index contributed by atoms with van der Waals surface area (Å²) >= 11 is 0. The van der Waals surface area contributed by atoms with Crippen molar-refractivity contribution in [2.45, 2.75) is 32.0 Å². The van der Waals surface area contributed by atoms with Gasteiger partial charge in [0, 0.05) is 32.8 Å². The minimum absolute atomic E-state index is 0.241. The third-order valence-corrected chi connectivity index (χ3v) is 3.63. The lowest BCUT2D eigenvalue weighted by molar-refractivity contribution is -0.226. The molecule has 0 aromatic heterocycles. The van der Waals surface area contributed by atoms with Crippen LogP contribution in [0.15, 0.2) is 0 Å². The number of carbonyl (C=O) groups excluding carboxylic acids is 1. The van der Waals surface area contributed by atoms with E-state index in [1.807, 2.05) is 0 Å². The molecule has 1 aliphatic rings. The van der Waals surface area contributed by atoms with Gasteiger partial charge >= 0.3 is 18.2 Å². The Morgan fingerprint density at radius 2 is 2.10 bits per heavy atom. The number of carboxylic acid groups (broad SMARTS) is 1. The van der Waals surface area contributed by atoms with Crippen LogP contribution in [0.25, 0.3) is 0 Å². The van der Waals surface area contributed by atoms with Crippen molar-refractivity contribution in [2.24, 2.45) is 5.41 Å². The number of urea groups is 1. The minimum Gasteiger partial charge on any atom is -0.481 e. The third kappa shape index (κ3) is 3.78. The lowest BCUT2D eigenvalue weighted by Crippen LogP contribution is -2.49. The van der Waals surface area contributed by atoms with Crippen molar-refractivity contribution in [3.63, 3.8) is 0 Å². The van der Waals surface area contributed by atoms with Crippen LogP contribution in [0.1, 0.15) is 19.8 Å². The van der Waals surface area contributed by atoms with Crippen LogP contribution in [0.3, 0.4) is 0 Å². The van der Waals surface area contributed by atoms with E-state index in [2.05, 4.69) is 5.32 Å². The van der Waals surface area contributed by atoms with E-state index in [9.17, 15) is 22.8 Å². The zero-order valence-corrected chi connectivity index (χ0v) is 11.9. The molecule has 0 saturated carbocycles. The summed E-state index contributed by atoms with van der Waals surface area (Å²) in [7, 11) is 1.50. The predicted molar refractivity (Wildman–Crippen MR) is 66.8 cm³/mol. The van der Waals surface area contributed by atoms with E-state index < -0.39 is 36.6 Å². The summed E-state index contributed by atoms with van der Waals surface area (Å²) in [6.07, 6.45) is -5.01. The number of hydrogen-bond acceptors (Lipinski definition) is 3. The van der Waals surface area contributed by atoms with Crippen LogP contribution in [0.4, 0.5) is 18.0 Å². The van der Waals surface area contributed by atoms with Crippen LogP contribution in [0.2, 0.25) is 0 Å². The first-order valence-electron chi connectivity index (χ1n) is 6.48. The maximum absolute atomic E-state index is 13.0. The molecule has 0 aromatic rings. The van der Waals surface area contributed by atoms with Gasteiger partial charge in [0.1, 0.15) is 0 Å². The second kappa shape index (κ2) is 6.50. The van der Waals surface area contributed by atoms with E-state index in [1.165, 1.54) is 7.11 Å². The molecule has 1 rings (SSSR count). The first-order valence-corrected chi connectivity index (χ1v) is 6.48. The maximum atomic E-state index is 13.0. The molecule has 2 N–H and O–H groups in total. The van der Waals surface area contributed by atoms with E-state index in [1.54, 1.807) is 6.92 Å². The average Bonchev–Trinajstić information content (AvgIpc) is 2.82. The van der Waals surface area contributed by atoms with Crippen molar-refractivity contribution in [2.75, 3.05) is 26.8 Å². The number of nitrogens with one attached hydrogen (secondary N) is 1. The monoisotopic (exact) mass is 312 g/mol. The summed E-state index contributed by atoms with van der Waals surface area (Å²) in [5.74, 6) is -1.95. The summed E-state index contributed by atoms with van der Waals surface area (Å²) in [6.45, 7) is 0.994. The summed E-state index contributed by atoms with van der Waals surface area (Å²) in [6, 6.07) is -0.964. The van der Waals surface area contributed by atoms with Crippen molar-refractivity contribution in [1.29, 1.82) is 0 Å². The Kier molecular flexibility index (Phi) is 5.43. The summed E-state index contributed by atoms with van der Waals surface area (Å²) in [5, 5.41) is 11.4. The van der Waals surface area contributed by atoms with E-state index in [0.717, 1.165) is 4.90 Å². The Hall–Kier alpha value is -1.51. The van der Waals surface area contributed by atoms with Crippen molar-refractivity contribution < 1.29 is 32.6 Å². The van der Waals surface area contributed by atoms with E-state index in [4.69, 9.17) is 9.84 Å². The number of aliphatic carboxylic acids is 1. The van der Waals surface area contributed by atoms with Crippen molar-refractivity contribution in [3.05, 3.63) is 0 Å². The molecule has 0 bridgehead atoms. The zero-order valence-electron chi connectivity index (χ0n) is 11.9. The zero-order chi connectivity index (χ0) is 16.3. The molecule has 2 atom stereocenters. The largest absolute Gasteiger partial charge is 0.481 e. The fraction of sp³-hybridized carbons (Fsp3) is 0.833. The van der Waals surface area contributed by atoms with Gasteiger partial charge in [-0.2, -0.15) is 13.2 Å². The van der Waals surface area contributed by atoms with Crippen LogP contribution in [-0.4, -0.2) is 61.0 Å². The number of amides is 2. The molecule has 6 nitrogen and oxygen atoms in total. The third-order valence-electron chi connectivity index (χ3n) is 3.63. The minimum atomic E-state index is -4.89. The van der Waals surface area contributed by atoms with Gasteiger partial charge in [-0.1, -0.05) is 0 Å². The molecular weight excluding hydrogens is 293 g/mol. The lowest BCUT2D eigenvalue weighted by atomic mass is 9.86. The molecule has 0 spiro atoms. The molecule has 9 heteroatoms. The molecule has 2 amide bonds. The Morgan fingerprint density at radius 3 is 2.52 bits per heavy atom. The van der Waals surface area contributed by atoms with Crippen LogP contribution < -0.4 is 5.32 Å². The van der Waals surface area contributed by atoms with Gasteiger partial charge in [-0.25, -0.2) is 4.79 Å². The molecule has 2 unspecified atom stereocenters. The molecule has 1 aliphatic heterocycles. The number of nitrogens with zero attached hydrogens (tertiary/aromatic N) is 1. The highest BCUT2D eigenvalue weighted by Crippen LogP contribution is 2.45. The predicted octanol–water partition coefficient (Wildman–Crippen LogP) is 1.46. The highest BCUT2D eigenvalue weighted by Gasteiger charge is 2.64. The van der Waals surface area contributed by atoms with Gasteiger partial charge in [0.15, 0.2) is 5.41 Å². The summed E-state index contributed by atoms with van der Waals surface area (Å²) < 4.78 is 43.8. The first-order chi connectivity index (χ1) is 9.64. The molecule has 21 heavy (non-hydrogen) atoms. The number of ether oxygens (including phenoxy) is 1. The summed E-state index contributed by atoms with van der Waals surface area (Å²) in [5.41, 5.74) is -2.87. The number of carboxylic acids is 1.